The van der Waals surface area contributed by atoms with Crippen LogP contribution >= 0.6 is 11.6 Å². The van der Waals surface area contributed by atoms with Gasteiger partial charge in [-0.15, -0.1) is 0 Å². The lowest BCUT2D eigenvalue weighted by Crippen LogP contribution is -2.24. The zero-order chi connectivity index (χ0) is 11.8. The lowest BCUT2D eigenvalue weighted by Gasteiger charge is -2.15. The van der Waals surface area contributed by atoms with Crippen LogP contribution in [0.1, 0.15) is 11.3 Å². The van der Waals surface area contributed by atoms with Crippen molar-refractivity contribution in [1.29, 1.82) is 0 Å². The molecule has 0 amide bonds. The van der Waals surface area contributed by atoms with Crippen LogP contribution in [0.15, 0.2) is 24.3 Å². The summed E-state index contributed by atoms with van der Waals surface area (Å²) >= 11 is 6.11. The molecule has 0 aliphatic carbocycles. The van der Waals surface area contributed by atoms with Gasteiger partial charge in [-0.05, 0) is 12.1 Å². The zero-order valence-corrected chi connectivity index (χ0v) is 9.91. The van der Waals surface area contributed by atoms with Crippen molar-refractivity contribution in [1.82, 2.24) is 15.1 Å². The van der Waals surface area contributed by atoms with Gasteiger partial charge in [0.1, 0.15) is 11.4 Å². The van der Waals surface area contributed by atoms with E-state index in [2.05, 4.69) is 10.4 Å². The largest absolute Gasteiger partial charge is 0.506 e. The van der Waals surface area contributed by atoms with Gasteiger partial charge in [0, 0.05) is 25.1 Å². The first kappa shape index (κ1) is 10.6. The number of nitrogens with zero attached hydrogens (tertiary/aromatic N) is 2. The summed E-state index contributed by atoms with van der Waals surface area (Å²) in [6.07, 6.45) is 0.864. The van der Waals surface area contributed by atoms with E-state index in [0.717, 1.165) is 30.8 Å². The summed E-state index contributed by atoms with van der Waals surface area (Å²) in [6, 6.07) is 7.15. The minimum absolute atomic E-state index is 0.216. The van der Waals surface area contributed by atoms with Crippen LogP contribution in [0.5, 0.6) is 5.75 Å². The average Bonchev–Trinajstić information content (AvgIpc) is 2.68. The van der Waals surface area contributed by atoms with Crippen molar-refractivity contribution in [3.63, 3.8) is 0 Å². The predicted molar refractivity (Wildman–Crippen MR) is 65.6 cm³/mol. The van der Waals surface area contributed by atoms with Gasteiger partial charge in [-0.2, -0.15) is 5.10 Å². The quantitative estimate of drug-likeness (QED) is 0.811. The molecule has 5 heteroatoms. The Morgan fingerprint density at radius 2 is 2.18 bits per heavy atom. The number of nitrogens with one attached hydrogen (secondary N) is 1. The second-order valence-corrected chi connectivity index (χ2v) is 4.40. The van der Waals surface area contributed by atoms with E-state index in [0.29, 0.717) is 10.8 Å². The molecule has 0 fully saturated rings. The van der Waals surface area contributed by atoms with Gasteiger partial charge < -0.3 is 10.4 Å². The van der Waals surface area contributed by atoms with Gasteiger partial charge in [-0.25, -0.2) is 4.68 Å². The minimum atomic E-state index is 0.216. The van der Waals surface area contributed by atoms with Gasteiger partial charge in [-0.3, -0.25) is 0 Å². The van der Waals surface area contributed by atoms with E-state index >= 15 is 0 Å². The highest BCUT2D eigenvalue weighted by molar-refractivity contribution is 6.30. The number of aromatic hydroxyl groups is 1. The minimum Gasteiger partial charge on any atom is -0.506 e. The highest BCUT2D eigenvalue weighted by Gasteiger charge is 2.21. The molecule has 0 atom stereocenters. The van der Waals surface area contributed by atoms with E-state index in [4.69, 9.17) is 11.6 Å². The summed E-state index contributed by atoms with van der Waals surface area (Å²) in [6.45, 7) is 1.64. The van der Waals surface area contributed by atoms with Crippen LogP contribution in [0.2, 0.25) is 5.15 Å². The van der Waals surface area contributed by atoms with Crippen LogP contribution in [0.4, 0.5) is 0 Å². The van der Waals surface area contributed by atoms with Crippen LogP contribution in [-0.4, -0.2) is 21.4 Å². The molecule has 1 aliphatic rings. The molecule has 0 unspecified atom stereocenters. The molecule has 2 N–H and O–H groups in total. The molecular formula is C12H12ClN3O. The Bertz CT molecular complexity index is 565. The standard InChI is InChI=1S/C12H12ClN3O/c13-12-8-7-14-6-5-9(8)16(15-12)10-3-1-2-4-11(10)17/h1-4,14,17H,5-7H2. The number of phenols is 1. The fraction of sp³-hybridized carbons (Fsp3) is 0.250. The molecule has 2 heterocycles. The number of rotatable bonds is 1. The smallest absolute Gasteiger partial charge is 0.156 e. The summed E-state index contributed by atoms with van der Waals surface area (Å²) in [5.74, 6) is 0.216. The highest BCUT2D eigenvalue weighted by Crippen LogP contribution is 2.28. The van der Waals surface area contributed by atoms with Crippen molar-refractivity contribution in [3.05, 3.63) is 40.7 Å². The van der Waals surface area contributed by atoms with Crippen LogP contribution < -0.4 is 5.32 Å². The summed E-state index contributed by atoms with van der Waals surface area (Å²) in [5.41, 5.74) is 2.79. The van der Waals surface area contributed by atoms with E-state index < -0.39 is 0 Å². The topological polar surface area (TPSA) is 50.1 Å². The second kappa shape index (κ2) is 4.05. The van der Waals surface area contributed by atoms with Crippen molar-refractivity contribution < 1.29 is 5.11 Å². The Hall–Kier alpha value is -1.52. The fourth-order valence-corrected chi connectivity index (χ4v) is 2.40. The number of benzene rings is 1. The van der Waals surface area contributed by atoms with Crippen molar-refractivity contribution in [2.45, 2.75) is 13.0 Å². The number of hydrogen-bond donors (Lipinski definition) is 2. The first-order valence-corrected chi connectivity index (χ1v) is 5.90. The fourth-order valence-electron chi connectivity index (χ4n) is 2.15. The average molecular weight is 250 g/mol. The van der Waals surface area contributed by atoms with Crippen molar-refractivity contribution in [2.75, 3.05) is 6.54 Å². The number of phenolic OH excluding ortho intramolecular Hbond substituents is 1. The predicted octanol–water partition coefficient (Wildman–Crippen LogP) is 1.88. The molecule has 0 radical (unpaired) electrons. The molecule has 17 heavy (non-hydrogen) atoms. The van der Waals surface area contributed by atoms with E-state index in [1.807, 2.05) is 12.1 Å². The number of halogens is 1. The van der Waals surface area contributed by atoms with E-state index in [-0.39, 0.29) is 5.75 Å². The third-order valence-corrected chi connectivity index (χ3v) is 3.29. The van der Waals surface area contributed by atoms with Crippen molar-refractivity contribution in [2.24, 2.45) is 0 Å². The monoisotopic (exact) mass is 249 g/mol. The van der Waals surface area contributed by atoms with Gasteiger partial charge in [0.2, 0.25) is 0 Å². The molecule has 4 nitrogen and oxygen atoms in total. The number of fused-ring (bicyclic) bond motifs is 1. The second-order valence-electron chi connectivity index (χ2n) is 4.04. The van der Waals surface area contributed by atoms with Gasteiger partial charge in [-0.1, -0.05) is 23.7 Å². The van der Waals surface area contributed by atoms with Crippen LogP contribution in [0.3, 0.4) is 0 Å². The molecule has 1 aromatic carbocycles. The number of hydrogen-bond acceptors (Lipinski definition) is 3. The molecule has 0 saturated carbocycles. The molecule has 0 saturated heterocycles. The molecule has 2 aromatic rings. The summed E-state index contributed by atoms with van der Waals surface area (Å²) < 4.78 is 1.74. The SMILES string of the molecule is Oc1ccccc1-n1nc(Cl)c2c1CCNC2. The maximum atomic E-state index is 9.86. The van der Waals surface area contributed by atoms with E-state index in [1.54, 1.807) is 16.8 Å². The summed E-state index contributed by atoms with van der Waals surface area (Å²) in [5, 5.41) is 17.9. The maximum Gasteiger partial charge on any atom is 0.156 e. The Morgan fingerprint density at radius 1 is 1.35 bits per heavy atom. The first-order chi connectivity index (χ1) is 8.27. The molecular weight excluding hydrogens is 238 g/mol. The molecule has 3 rings (SSSR count). The first-order valence-electron chi connectivity index (χ1n) is 5.52. The molecule has 88 valence electrons. The Morgan fingerprint density at radius 3 is 3.00 bits per heavy atom. The van der Waals surface area contributed by atoms with Gasteiger partial charge in [0.25, 0.3) is 0 Å². The van der Waals surface area contributed by atoms with Crippen LogP contribution in [-0.2, 0) is 13.0 Å². The maximum absolute atomic E-state index is 9.86. The highest BCUT2D eigenvalue weighted by atomic mass is 35.5. The van der Waals surface area contributed by atoms with Gasteiger partial charge in [0.15, 0.2) is 5.15 Å². The number of aromatic nitrogens is 2. The summed E-state index contributed by atoms with van der Waals surface area (Å²) in [7, 11) is 0. The van der Waals surface area contributed by atoms with Crippen LogP contribution in [0.25, 0.3) is 5.69 Å². The lowest BCUT2D eigenvalue weighted by molar-refractivity contribution is 0.469. The van der Waals surface area contributed by atoms with Crippen molar-refractivity contribution in [3.8, 4) is 11.4 Å². The van der Waals surface area contributed by atoms with E-state index in [9.17, 15) is 5.11 Å². The number of para-hydroxylation sites is 2. The Labute approximate surface area is 104 Å². The van der Waals surface area contributed by atoms with Crippen LogP contribution in [0, 0.1) is 0 Å². The molecule has 0 spiro atoms. The molecule has 0 bridgehead atoms. The lowest BCUT2D eigenvalue weighted by atomic mass is 10.1. The molecule has 1 aromatic heterocycles. The van der Waals surface area contributed by atoms with Gasteiger partial charge in [0.05, 0.1) is 5.69 Å². The van der Waals surface area contributed by atoms with Gasteiger partial charge >= 0.3 is 0 Å². The Balaban J connectivity index is 2.19. The van der Waals surface area contributed by atoms with E-state index in [1.165, 1.54) is 0 Å². The third-order valence-electron chi connectivity index (χ3n) is 2.99. The third kappa shape index (κ3) is 1.69. The zero-order valence-electron chi connectivity index (χ0n) is 9.15. The van der Waals surface area contributed by atoms with Crippen molar-refractivity contribution >= 4 is 11.6 Å². The summed E-state index contributed by atoms with van der Waals surface area (Å²) in [4.78, 5) is 0. The molecule has 1 aliphatic heterocycles. The Kier molecular flexibility index (Phi) is 2.53. The normalized spacial score (nSPS) is 14.6.